The van der Waals surface area contributed by atoms with E-state index in [-0.39, 0.29) is 17.9 Å². The van der Waals surface area contributed by atoms with E-state index in [1.54, 1.807) is 19.2 Å². The summed E-state index contributed by atoms with van der Waals surface area (Å²) in [6.07, 6.45) is 1.90. The van der Waals surface area contributed by atoms with Crippen LogP contribution in [0.5, 0.6) is 17.5 Å². The number of nitrogens with one attached hydrogen (secondary N) is 2. The van der Waals surface area contributed by atoms with Gasteiger partial charge in [0.15, 0.2) is 0 Å². The highest BCUT2D eigenvalue weighted by atomic mass is 19.1. The number of hydrogen-bond donors (Lipinski definition) is 2. The van der Waals surface area contributed by atoms with Gasteiger partial charge in [-0.2, -0.15) is 15.0 Å². The van der Waals surface area contributed by atoms with Crippen LogP contribution >= 0.6 is 0 Å². The lowest BCUT2D eigenvalue weighted by Crippen LogP contribution is -2.39. The number of aromatic nitrogens is 3. The van der Waals surface area contributed by atoms with Gasteiger partial charge in [-0.05, 0) is 62.1 Å². The Morgan fingerprint density at radius 3 is 2.14 bits per heavy atom. The standard InChI is InChI=1S/C27H35FN6O3/c1-5-36-22-15-18(16-23(37-6-2)24(22)19-7-9-20(28)10-8-19)17-34-13-11-21(12-14-34)30-26-31-25(29-3)32-27(33-26)35-4/h7-10,15-16,21H,5-6,11-14,17H2,1-4H3,(H2,29,30,31,32,33). The van der Waals surface area contributed by atoms with Gasteiger partial charge in [0.25, 0.3) is 0 Å². The van der Waals surface area contributed by atoms with E-state index >= 15 is 0 Å². The molecular weight excluding hydrogens is 475 g/mol. The summed E-state index contributed by atoms with van der Waals surface area (Å²) in [5, 5.41) is 6.35. The quantitative estimate of drug-likeness (QED) is 0.384. The molecule has 0 atom stereocenters. The van der Waals surface area contributed by atoms with E-state index in [4.69, 9.17) is 14.2 Å². The van der Waals surface area contributed by atoms with Crippen molar-refractivity contribution in [2.45, 2.75) is 39.3 Å². The molecule has 2 aromatic carbocycles. The number of methoxy groups -OCH3 is 1. The second kappa shape index (κ2) is 12.5. The van der Waals surface area contributed by atoms with Crippen molar-refractivity contribution in [3.8, 4) is 28.6 Å². The molecule has 1 aliphatic rings. The van der Waals surface area contributed by atoms with Crippen LogP contribution in [0.4, 0.5) is 16.3 Å². The molecule has 0 bridgehead atoms. The molecule has 1 aromatic heterocycles. The second-order valence-electron chi connectivity index (χ2n) is 8.75. The van der Waals surface area contributed by atoms with Crippen molar-refractivity contribution in [2.75, 3.05) is 51.1 Å². The van der Waals surface area contributed by atoms with Crippen molar-refractivity contribution in [2.24, 2.45) is 0 Å². The number of likely N-dealkylation sites (tertiary alicyclic amines) is 1. The minimum absolute atomic E-state index is 0.256. The average Bonchev–Trinajstić information content (AvgIpc) is 2.91. The number of hydrogen-bond acceptors (Lipinski definition) is 9. The zero-order valence-corrected chi connectivity index (χ0v) is 21.9. The van der Waals surface area contributed by atoms with Gasteiger partial charge < -0.3 is 24.8 Å². The summed E-state index contributed by atoms with van der Waals surface area (Å²) in [7, 11) is 3.30. The number of anilines is 2. The van der Waals surface area contributed by atoms with Crippen LogP contribution < -0.4 is 24.8 Å². The molecule has 1 aliphatic heterocycles. The van der Waals surface area contributed by atoms with Gasteiger partial charge in [-0.3, -0.25) is 4.90 Å². The Morgan fingerprint density at radius 1 is 0.946 bits per heavy atom. The zero-order valence-electron chi connectivity index (χ0n) is 21.9. The van der Waals surface area contributed by atoms with Crippen molar-refractivity contribution in [1.82, 2.24) is 19.9 Å². The molecule has 0 aliphatic carbocycles. The molecule has 2 heterocycles. The Kier molecular flexibility index (Phi) is 8.95. The van der Waals surface area contributed by atoms with Gasteiger partial charge in [-0.15, -0.1) is 0 Å². The first kappa shape index (κ1) is 26.4. The van der Waals surface area contributed by atoms with E-state index in [1.165, 1.54) is 19.2 Å². The number of benzene rings is 2. The minimum atomic E-state index is -0.272. The number of rotatable bonds is 11. The molecule has 37 heavy (non-hydrogen) atoms. The monoisotopic (exact) mass is 510 g/mol. The third-order valence-corrected chi connectivity index (χ3v) is 6.21. The van der Waals surface area contributed by atoms with Crippen molar-refractivity contribution < 1.29 is 18.6 Å². The van der Waals surface area contributed by atoms with Crippen molar-refractivity contribution in [3.05, 3.63) is 47.8 Å². The lowest BCUT2D eigenvalue weighted by atomic mass is 9.99. The summed E-state index contributed by atoms with van der Waals surface area (Å²) in [4.78, 5) is 15.3. The first-order valence-electron chi connectivity index (χ1n) is 12.7. The van der Waals surface area contributed by atoms with E-state index < -0.39 is 0 Å². The van der Waals surface area contributed by atoms with E-state index in [0.717, 1.165) is 60.7 Å². The van der Waals surface area contributed by atoms with Crippen molar-refractivity contribution >= 4 is 11.9 Å². The Labute approximate surface area is 217 Å². The number of piperidine rings is 1. The molecule has 0 spiro atoms. The molecule has 10 heteroatoms. The van der Waals surface area contributed by atoms with Crippen LogP contribution in [0.15, 0.2) is 36.4 Å². The maximum absolute atomic E-state index is 13.6. The number of halogens is 1. The zero-order chi connectivity index (χ0) is 26.2. The summed E-state index contributed by atoms with van der Waals surface area (Å²) >= 11 is 0. The van der Waals surface area contributed by atoms with Crippen LogP contribution in [0, 0.1) is 5.82 Å². The van der Waals surface area contributed by atoms with Crippen LogP contribution in [-0.4, -0.2) is 66.4 Å². The third-order valence-electron chi connectivity index (χ3n) is 6.21. The predicted molar refractivity (Wildman–Crippen MR) is 142 cm³/mol. The molecule has 2 N–H and O–H groups in total. The highest BCUT2D eigenvalue weighted by Gasteiger charge is 2.22. The molecule has 198 valence electrons. The van der Waals surface area contributed by atoms with Crippen LogP contribution in [0.3, 0.4) is 0 Å². The van der Waals surface area contributed by atoms with Crippen LogP contribution in [0.1, 0.15) is 32.3 Å². The SMILES string of the molecule is CCOc1cc(CN2CCC(Nc3nc(NC)nc(OC)n3)CC2)cc(OCC)c1-c1ccc(F)cc1. The van der Waals surface area contributed by atoms with Crippen molar-refractivity contribution in [1.29, 1.82) is 0 Å². The third kappa shape index (κ3) is 6.76. The van der Waals surface area contributed by atoms with Crippen LogP contribution in [0.25, 0.3) is 11.1 Å². The molecule has 1 fully saturated rings. The van der Waals surface area contributed by atoms with Gasteiger partial charge >= 0.3 is 6.01 Å². The molecule has 4 rings (SSSR count). The van der Waals surface area contributed by atoms with E-state index in [9.17, 15) is 4.39 Å². The van der Waals surface area contributed by atoms with Gasteiger partial charge in [0.05, 0.1) is 25.9 Å². The Morgan fingerprint density at radius 2 is 1.57 bits per heavy atom. The maximum Gasteiger partial charge on any atom is 0.322 e. The van der Waals surface area contributed by atoms with E-state index in [1.807, 2.05) is 13.8 Å². The Balaban J connectivity index is 1.46. The average molecular weight is 511 g/mol. The summed E-state index contributed by atoms with van der Waals surface area (Å²) < 4.78 is 30.8. The first-order valence-corrected chi connectivity index (χ1v) is 12.7. The van der Waals surface area contributed by atoms with E-state index in [0.29, 0.717) is 25.1 Å². The summed E-state index contributed by atoms with van der Waals surface area (Å²) in [6, 6.07) is 11.1. The molecule has 0 radical (unpaired) electrons. The molecular formula is C27H35FN6O3. The van der Waals surface area contributed by atoms with Gasteiger partial charge in [0, 0.05) is 32.7 Å². The second-order valence-corrected chi connectivity index (χ2v) is 8.75. The van der Waals surface area contributed by atoms with Crippen LogP contribution in [0.2, 0.25) is 0 Å². The molecule has 0 amide bonds. The normalized spacial score (nSPS) is 14.3. The smallest absolute Gasteiger partial charge is 0.322 e. The molecule has 0 saturated carbocycles. The minimum Gasteiger partial charge on any atom is -0.493 e. The number of nitrogens with zero attached hydrogens (tertiary/aromatic N) is 4. The van der Waals surface area contributed by atoms with Gasteiger partial charge in [-0.1, -0.05) is 12.1 Å². The largest absolute Gasteiger partial charge is 0.493 e. The lowest BCUT2D eigenvalue weighted by molar-refractivity contribution is 0.210. The predicted octanol–water partition coefficient (Wildman–Crippen LogP) is 4.60. The Bertz CT molecular complexity index is 1120. The first-order chi connectivity index (χ1) is 18.0. The van der Waals surface area contributed by atoms with E-state index in [2.05, 4.69) is 42.6 Å². The van der Waals surface area contributed by atoms with Gasteiger partial charge in [0.1, 0.15) is 17.3 Å². The Hall–Kier alpha value is -3.66. The molecule has 1 saturated heterocycles. The molecule has 3 aromatic rings. The molecule has 9 nitrogen and oxygen atoms in total. The summed E-state index contributed by atoms with van der Waals surface area (Å²) in [5.41, 5.74) is 2.83. The molecule has 0 unspecified atom stereocenters. The van der Waals surface area contributed by atoms with Gasteiger partial charge in [0.2, 0.25) is 11.9 Å². The fourth-order valence-corrected chi connectivity index (χ4v) is 4.48. The topological polar surface area (TPSA) is 93.7 Å². The lowest BCUT2D eigenvalue weighted by Gasteiger charge is -2.32. The van der Waals surface area contributed by atoms with Gasteiger partial charge in [-0.25, -0.2) is 4.39 Å². The fourth-order valence-electron chi connectivity index (χ4n) is 4.48. The summed E-state index contributed by atoms with van der Waals surface area (Å²) in [5.74, 6) is 2.19. The highest BCUT2D eigenvalue weighted by molar-refractivity contribution is 5.77. The maximum atomic E-state index is 13.6. The highest BCUT2D eigenvalue weighted by Crippen LogP contribution is 2.40. The summed E-state index contributed by atoms with van der Waals surface area (Å²) in [6.45, 7) is 7.59. The number of ether oxygens (including phenoxy) is 3. The van der Waals surface area contributed by atoms with Crippen LogP contribution in [-0.2, 0) is 6.54 Å². The fraction of sp³-hybridized carbons (Fsp3) is 0.444. The van der Waals surface area contributed by atoms with Crippen molar-refractivity contribution in [3.63, 3.8) is 0 Å².